The number of aromatic carboxylic acids is 1. The summed E-state index contributed by atoms with van der Waals surface area (Å²) >= 11 is 5.01. The van der Waals surface area contributed by atoms with E-state index >= 15 is 0 Å². The number of benzene rings is 2. The van der Waals surface area contributed by atoms with E-state index in [-0.39, 0.29) is 59.3 Å². The van der Waals surface area contributed by atoms with Crippen LogP contribution in [0, 0.1) is 4.64 Å². The van der Waals surface area contributed by atoms with Gasteiger partial charge in [-0.1, -0.05) is 31.8 Å². The zero-order valence-electron chi connectivity index (χ0n) is 37.3. The number of phosphoric ester groups is 1. The fourth-order valence-electron chi connectivity index (χ4n) is 7.17. The lowest BCUT2D eigenvalue weighted by molar-refractivity contribution is -0.250. The fraction of sp³-hybridized carbons (Fsp3) is 0.350. The molecule has 0 spiro atoms. The van der Waals surface area contributed by atoms with Gasteiger partial charge in [0.25, 0.3) is 29.4 Å². The van der Waals surface area contributed by atoms with Crippen molar-refractivity contribution in [2.24, 2.45) is 0 Å². The van der Waals surface area contributed by atoms with Gasteiger partial charge in [-0.05, 0) is 42.0 Å². The summed E-state index contributed by atoms with van der Waals surface area (Å²) in [5, 5.41) is 35.9. The number of carbonyl (C=O) groups excluding carboxylic acids is 2. The number of nitrogens with two attached hydrogens (primary N) is 1. The first kappa shape index (κ1) is 56.2. The van der Waals surface area contributed by atoms with E-state index in [1.807, 2.05) is 74.4 Å². The van der Waals surface area contributed by atoms with Crippen molar-refractivity contribution < 1.29 is 85.6 Å². The molecule has 31 heteroatoms. The molecule has 71 heavy (non-hydrogen) atoms. The third-order valence-electron chi connectivity index (χ3n) is 10.3. The highest BCUT2D eigenvalue weighted by atomic mass is 32.1. The van der Waals surface area contributed by atoms with Crippen LogP contribution in [0.25, 0.3) is 16.7 Å². The number of anilines is 2. The molecule has 1 fully saturated rings. The molecule has 27 nitrogen and oxygen atoms in total. The van der Waals surface area contributed by atoms with Gasteiger partial charge < -0.3 is 80.0 Å². The number of hydrogen-bond donors (Lipinski definition) is 8. The summed E-state index contributed by atoms with van der Waals surface area (Å²) < 4.78 is 57.1. The summed E-state index contributed by atoms with van der Waals surface area (Å²) in [6.45, 7) is 0.831. The van der Waals surface area contributed by atoms with Crippen LogP contribution in [0.5, 0.6) is 5.75 Å². The molecule has 5 unspecified atom stereocenters. The third-order valence-corrected chi connectivity index (χ3v) is 14.3. The van der Waals surface area contributed by atoms with Gasteiger partial charge in [-0.2, -0.15) is 0 Å². The second-order valence-corrected chi connectivity index (χ2v) is 20.4. The number of aromatic amines is 1. The minimum atomic E-state index is -6.09. The third kappa shape index (κ3) is 13.6. The molecule has 2 aromatic heterocycles. The Morgan fingerprint density at radius 2 is 1.63 bits per heavy atom. The normalized spacial score (nSPS) is 21.6. The van der Waals surface area contributed by atoms with E-state index in [2.05, 4.69) is 38.7 Å². The van der Waals surface area contributed by atoms with Crippen molar-refractivity contribution in [1.82, 2.24) is 35.1 Å². The Balaban J connectivity index is 0.000000264. The number of aliphatic hydroxyl groups is 2. The average Bonchev–Trinajstić information content (AvgIpc) is 3.80. The van der Waals surface area contributed by atoms with Crippen LogP contribution in [-0.2, 0) is 36.4 Å². The maximum atomic E-state index is 12.7. The molecule has 8 atom stereocenters. The topological polar surface area (TPSA) is 402 Å². The Bertz CT molecular complexity index is 3010. The maximum absolute atomic E-state index is 12.7. The van der Waals surface area contributed by atoms with Crippen LogP contribution in [0.4, 0.5) is 11.6 Å². The second kappa shape index (κ2) is 22.4. The van der Waals surface area contributed by atoms with Crippen LogP contribution in [0.2, 0.25) is 0 Å². The van der Waals surface area contributed by atoms with Gasteiger partial charge in [0.15, 0.2) is 16.8 Å². The molecule has 1 saturated heterocycles. The number of nitrogen functional groups attached to an aromatic ring is 1. The molecule has 4 heterocycles. The molecule has 0 saturated carbocycles. The largest absolute Gasteiger partial charge is 0.756 e. The monoisotopic (exact) mass is 1070 g/mol. The Labute approximate surface area is 409 Å². The van der Waals surface area contributed by atoms with Crippen molar-refractivity contribution in [3.63, 3.8) is 0 Å². The Morgan fingerprint density at radius 3 is 2.27 bits per heavy atom. The highest BCUT2D eigenvalue weighted by Crippen LogP contribution is 2.61. The first-order chi connectivity index (χ1) is 32.6. The summed E-state index contributed by atoms with van der Waals surface area (Å²) in [7, 11) is -9.96. The highest BCUT2D eigenvalue weighted by Gasteiger charge is 2.45. The van der Waals surface area contributed by atoms with E-state index in [0.717, 1.165) is 28.1 Å². The van der Waals surface area contributed by atoms with Crippen LogP contribution >= 0.6 is 35.7 Å². The number of nitrogens with one attached hydrogen (secondary N) is 3. The molecule has 0 radical (unpaired) electrons. The van der Waals surface area contributed by atoms with Crippen molar-refractivity contribution in [1.29, 1.82) is 0 Å². The molecule has 1 aliphatic carbocycles. The Kier molecular flexibility index (Phi) is 17.7. The lowest BCUT2D eigenvalue weighted by Gasteiger charge is -2.33. The molecule has 2 aromatic carbocycles. The van der Waals surface area contributed by atoms with E-state index in [1.165, 1.54) is 23.9 Å². The maximum Gasteiger partial charge on any atom is 0.336 e. The molecule has 2 aliphatic heterocycles. The SMILES string of the molecule is C.CC(=O)NCCNC(=O)c1ccc(C2=C3C=CC(N(C)C)=CC3Oc3cc(N(C)C)ccc32)c(C(=O)O)c1.Nc1nc(=S)c2ncn([C@@H]3O[C@H](COP(=O)([O-])OP(=O)([O-])OP(=O)([O-])O)[C@H](O)C3O)c2[nH]1. The van der Waals surface area contributed by atoms with E-state index in [0.29, 0.717) is 11.3 Å². The number of H-pyrrole nitrogens is 1. The zero-order valence-corrected chi connectivity index (χ0v) is 40.8. The fourth-order valence-corrected chi connectivity index (χ4v) is 10.3. The number of amides is 2. The number of nitrogens with zero attached hydrogens (tertiary/aromatic N) is 5. The number of ether oxygens (including phenoxy) is 2. The number of rotatable bonds is 16. The van der Waals surface area contributed by atoms with Crippen molar-refractivity contribution >= 4 is 81.8 Å². The van der Waals surface area contributed by atoms with E-state index in [9.17, 15) is 58.1 Å². The van der Waals surface area contributed by atoms with Gasteiger partial charge in [0, 0.05) is 87.9 Å². The van der Waals surface area contributed by atoms with Gasteiger partial charge in [0.1, 0.15) is 41.3 Å². The van der Waals surface area contributed by atoms with Gasteiger partial charge in [-0.15, -0.1) is 0 Å². The Morgan fingerprint density at radius 1 is 0.958 bits per heavy atom. The van der Waals surface area contributed by atoms with Crippen molar-refractivity contribution in [3.8, 4) is 5.75 Å². The minimum absolute atomic E-state index is 0. The molecule has 2 amide bonds. The number of hydrogen-bond acceptors (Lipinski definition) is 22. The lowest BCUT2D eigenvalue weighted by atomic mass is 9.83. The van der Waals surface area contributed by atoms with E-state index in [1.54, 1.807) is 12.1 Å². The van der Waals surface area contributed by atoms with Crippen LogP contribution < -0.4 is 40.7 Å². The molecule has 0 bridgehead atoms. The first-order valence-corrected chi connectivity index (χ1v) is 25.1. The van der Waals surface area contributed by atoms with Gasteiger partial charge >= 0.3 is 5.97 Å². The zero-order chi connectivity index (χ0) is 51.6. The molecule has 7 rings (SSSR count). The van der Waals surface area contributed by atoms with E-state index < -0.39 is 72.6 Å². The number of fused-ring (bicyclic) bond motifs is 3. The highest BCUT2D eigenvalue weighted by molar-refractivity contribution is 7.71. The van der Waals surface area contributed by atoms with Gasteiger partial charge in [0.05, 0.1) is 18.5 Å². The molecule has 386 valence electrons. The van der Waals surface area contributed by atoms with Gasteiger partial charge in [-0.25, -0.2) is 23.4 Å². The first-order valence-electron chi connectivity index (χ1n) is 20.3. The smallest absolute Gasteiger partial charge is 0.336 e. The van der Waals surface area contributed by atoms with Crippen molar-refractivity contribution in [3.05, 3.63) is 99.1 Å². The molecule has 3 aliphatic rings. The summed E-state index contributed by atoms with van der Waals surface area (Å²) in [4.78, 5) is 92.2. The van der Waals surface area contributed by atoms with Gasteiger partial charge in [0.2, 0.25) is 5.91 Å². The van der Waals surface area contributed by atoms with Crippen molar-refractivity contribution in [2.75, 3.05) is 58.5 Å². The Hall–Kier alpha value is -5.67. The predicted octanol–water partition coefficient (Wildman–Crippen LogP) is 0.669. The number of imidazole rings is 1. The number of aromatic nitrogens is 4. The quantitative estimate of drug-likeness (QED) is 0.0434. The number of aliphatic hydroxyl groups excluding tert-OH is 2. The summed E-state index contributed by atoms with van der Waals surface area (Å²) in [6, 6.07) is 10.6. The molecular weight excluding hydrogens is 1020 g/mol. The van der Waals surface area contributed by atoms with Crippen LogP contribution in [0.15, 0.2) is 72.2 Å². The number of allylic oxidation sites excluding steroid dienone is 1. The number of carboxylic acids is 1. The summed E-state index contributed by atoms with van der Waals surface area (Å²) in [5.74, 6) is -1.18. The number of phosphoric acid groups is 3. The molecular formula is C40H49N9O18P3S-3. The lowest BCUT2D eigenvalue weighted by Crippen LogP contribution is -2.34. The van der Waals surface area contributed by atoms with Crippen LogP contribution in [0.3, 0.4) is 0 Å². The summed E-state index contributed by atoms with van der Waals surface area (Å²) in [6.07, 6.45) is 0.429. The van der Waals surface area contributed by atoms with Crippen molar-refractivity contribution in [2.45, 2.75) is 45.0 Å². The predicted molar refractivity (Wildman–Crippen MR) is 249 cm³/mol. The average molecular weight is 1070 g/mol. The molecule has 9 N–H and O–H groups in total. The standard InChI is InChI=1S/C29H32N4O5.C10H16N5O13P3S.CH4/c1-17(34)30-12-13-31-28(35)18-6-9-21(24(14-18)29(36)37)27-22-10-7-19(32(2)3)15-25(22)38-26-16-20(33(4)5)8-11-23(26)27;11-10-13-7-4(8(32)14-10)12-2-15(7)9-6(17)5(16)3(26-9)1-25-30(21,22)28-31(23,24)27-29(18,19)20;/h6-11,14-16,25H,12-13H2,1-5H3,(H,30,34)(H,31,35)(H,36,37);2-3,5-6,9,16-17H,1H2,(H,21,22)(H,23,24)(H2,18,19,20)(H3,11,13,14,32);1H4/p-3/t;3-,5+,6?,9-;/m.1./s1. The van der Waals surface area contributed by atoms with Crippen LogP contribution in [-0.4, -0.2) is 135 Å². The number of carbonyl (C=O) groups is 3. The van der Waals surface area contributed by atoms with E-state index in [4.69, 9.17) is 32.3 Å². The second-order valence-electron chi connectivity index (χ2n) is 15.7. The van der Waals surface area contributed by atoms with Crippen LogP contribution in [0.1, 0.15) is 52.4 Å². The number of likely N-dealkylation sites (N-methyl/N-ethyl adjacent to an activating group) is 1. The minimum Gasteiger partial charge on any atom is -0.756 e. The number of carboxylic acid groups (broad SMARTS) is 1. The summed E-state index contributed by atoms with van der Waals surface area (Å²) in [5.41, 5.74) is 11.0. The molecule has 4 aromatic rings. The van der Waals surface area contributed by atoms with Gasteiger partial charge in [-0.3, -0.25) is 27.9 Å².